The summed E-state index contributed by atoms with van der Waals surface area (Å²) in [5, 5.41) is 9.97. The normalized spacial score (nSPS) is 15.3. The van der Waals surface area contributed by atoms with E-state index in [0.29, 0.717) is 17.9 Å². The smallest absolute Gasteiger partial charge is 0.320 e. The van der Waals surface area contributed by atoms with Crippen LogP contribution in [-0.4, -0.2) is 21.9 Å². The van der Waals surface area contributed by atoms with E-state index in [9.17, 15) is 9.18 Å². The van der Waals surface area contributed by atoms with E-state index in [1.165, 1.54) is 25.3 Å². The molecule has 2 N–H and O–H groups in total. The summed E-state index contributed by atoms with van der Waals surface area (Å²) in [5.74, 6) is 0.210. The molecule has 1 saturated carbocycles. The van der Waals surface area contributed by atoms with Gasteiger partial charge in [-0.25, -0.2) is 9.18 Å². The number of nitrogens with one attached hydrogen (secondary N) is 2. The van der Waals surface area contributed by atoms with Gasteiger partial charge in [0, 0.05) is 23.9 Å². The summed E-state index contributed by atoms with van der Waals surface area (Å²) < 4.78 is 15.2. The molecule has 122 valence electrons. The Morgan fingerprint density at radius 3 is 2.78 bits per heavy atom. The number of nitrogens with zero attached hydrogens (tertiary/aromatic N) is 2. The number of benzene rings is 1. The van der Waals surface area contributed by atoms with Crippen molar-refractivity contribution in [2.75, 3.05) is 5.32 Å². The quantitative estimate of drug-likeness (QED) is 0.906. The van der Waals surface area contributed by atoms with Crippen LogP contribution in [0, 0.1) is 5.82 Å². The number of amides is 2. The van der Waals surface area contributed by atoms with Crippen molar-refractivity contribution in [2.45, 2.75) is 44.7 Å². The van der Waals surface area contributed by atoms with Crippen LogP contribution in [0.5, 0.6) is 0 Å². The average Bonchev–Trinajstić information content (AvgIpc) is 2.97. The molecular formula is C17H21FN4O. The van der Waals surface area contributed by atoms with Crippen molar-refractivity contribution >= 4 is 11.8 Å². The van der Waals surface area contributed by atoms with Gasteiger partial charge in [-0.05, 0) is 18.9 Å². The van der Waals surface area contributed by atoms with Crippen molar-refractivity contribution in [3.8, 4) is 0 Å². The van der Waals surface area contributed by atoms with Gasteiger partial charge in [0.15, 0.2) is 5.82 Å². The van der Waals surface area contributed by atoms with Crippen molar-refractivity contribution < 1.29 is 9.18 Å². The van der Waals surface area contributed by atoms with E-state index in [4.69, 9.17) is 0 Å². The minimum absolute atomic E-state index is 0.229. The average molecular weight is 316 g/mol. The largest absolute Gasteiger partial charge is 0.335 e. The number of hydrogen-bond donors (Lipinski definition) is 2. The van der Waals surface area contributed by atoms with Gasteiger partial charge in [0.2, 0.25) is 0 Å². The second-order valence-corrected chi connectivity index (χ2v) is 5.92. The minimum Gasteiger partial charge on any atom is -0.335 e. The molecule has 6 heteroatoms. The standard InChI is InChI=1S/C17H21FN4O/c18-15-9-5-4-6-13(15)12-22-11-10-16(21-22)20-17(23)19-14-7-2-1-3-8-14/h4-6,9-11,14H,1-3,7-8,12H2,(H2,19,20,21,23). The van der Waals surface area contributed by atoms with Gasteiger partial charge in [0.1, 0.15) is 5.82 Å². The third-order valence-electron chi connectivity index (χ3n) is 4.11. The lowest BCUT2D eigenvalue weighted by molar-refractivity contribution is 0.244. The summed E-state index contributed by atoms with van der Waals surface area (Å²) in [6, 6.07) is 8.33. The van der Waals surface area contributed by atoms with Crippen molar-refractivity contribution in [1.82, 2.24) is 15.1 Å². The molecule has 23 heavy (non-hydrogen) atoms. The number of anilines is 1. The van der Waals surface area contributed by atoms with Gasteiger partial charge in [0.25, 0.3) is 0 Å². The molecule has 0 saturated heterocycles. The molecule has 5 nitrogen and oxygen atoms in total. The van der Waals surface area contributed by atoms with E-state index in [2.05, 4.69) is 15.7 Å². The fourth-order valence-corrected chi connectivity index (χ4v) is 2.90. The fourth-order valence-electron chi connectivity index (χ4n) is 2.90. The molecular weight excluding hydrogens is 295 g/mol. The Hall–Kier alpha value is -2.37. The molecule has 1 heterocycles. The summed E-state index contributed by atoms with van der Waals surface area (Å²) in [6.07, 6.45) is 7.39. The van der Waals surface area contributed by atoms with Crippen LogP contribution in [0.3, 0.4) is 0 Å². The van der Waals surface area contributed by atoms with E-state index in [1.54, 1.807) is 35.1 Å². The number of aromatic nitrogens is 2. The molecule has 2 amide bonds. The Kier molecular flexibility index (Phi) is 4.90. The van der Waals surface area contributed by atoms with Gasteiger partial charge in [0.05, 0.1) is 6.54 Å². The number of rotatable bonds is 4. The van der Waals surface area contributed by atoms with Gasteiger partial charge < -0.3 is 5.32 Å². The molecule has 0 unspecified atom stereocenters. The molecule has 2 aromatic rings. The number of urea groups is 1. The molecule has 1 aromatic carbocycles. The number of hydrogen-bond acceptors (Lipinski definition) is 2. The Balaban J connectivity index is 1.54. The van der Waals surface area contributed by atoms with Crippen LogP contribution in [0.25, 0.3) is 0 Å². The van der Waals surface area contributed by atoms with Crippen molar-refractivity contribution in [1.29, 1.82) is 0 Å². The molecule has 1 aliphatic carbocycles. The lowest BCUT2D eigenvalue weighted by Gasteiger charge is -2.22. The molecule has 1 fully saturated rings. The summed E-state index contributed by atoms with van der Waals surface area (Å²) in [4.78, 5) is 12.0. The van der Waals surface area contributed by atoms with Crippen molar-refractivity contribution in [3.63, 3.8) is 0 Å². The fraction of sp³-hybridized carbons (Fsp3) is 0.412. The highest BCUT2D eigenvalue weighted by Crippen LogP contribution is 2.17. The first-order chi connectivity index (χ1) is 11.2. The highest BCUT2D eigenvalue weighted by atomic mass is 19.1. The van der Waals surface area contributed by atoms with E-state index in [1.807, 2.05) is 0 Å². The number of carbonyl (C=O) groups excluding carboxylic acids is 1. The second-order valence-electron chi connectivity index (χ2n) is 5.92. The van der Waals surface area contributed by atoms with E-state index >= 15 is 0 Å². The van der Waals surface area contributed by atoms with Crippen LogP contribution in [0.15, 0.2) is 36.5 Å². The van der Waals surface area contributed by atoms with Crippen LogP contribution in [0.1, 0.15) is 37.7 Å². The third kappa shape index (κ3) is 4.31. The van der Waals surface area contributed by atoms with E-state index in [0.717, 1.165) is 12.8 Å². The molecule has 0 spiro atoms. The molecule has 0 radical (unpaired) electrons. The Morgan fingerprint density at radius 2 is 2.00 bits per heavy atom. The van der Waals surface area contributed by atoms with Crippen LogP contribution >= 0.6 is 0 Å². The third-order valence-corrected chi connectivity index (χ3v) is 4.11. The predicted molar refractivity (Wildman–Crippen MR) is 86.8 cm³/mol. The molecule has 0 atom stereocenters. The van der Waals surface area contributed by atoms with E-state index < -0.39 is 0 Å². The summed E-state index contributed by atoms with van der Waals surface area (Å²) >= 11 is 0. The minimum atomic E-state index is -0.257. The number of carbonyl (C=O) groups is 1. The van der Waals surface area contributed by atoms with Gasteiger partial charge in [-0.15, -0.1) is 0 Å². The lowest BCUT2D eigenvalue weighted by atomic mass is 9.96. The zero-order valence-electron chi connectivity index (χ0n) is 13.0. The monoisotopic (exact) mass is 316 g/mol. The maximum atomic E-state index is 13.6. The maximum Gasteiger partial charge on any atom is 0.320 e. The first-order valence-corrected chi connectivity index (χ1v) is 8.05. The zero-order chi connectivity index (χ0) is 16.1. The van der Waals surface area contributed by atoms with Gasteiger partial charge in [-0.2, -0.15) is 5.10 Å². The van der Waals surface area contributed by atoms with Crippen molar-refractivity contribution in [2.24, 2.45) is 0 Å². The first-order valence-electron chi connectivity index (χ1n) is 8.05. The van der Waals surface area contributed by atoms with Crippen molar-refractivity contribution in [3.05, 3.63) is 47.9 Å². The highest BCUT2D eigenvalue weighted by Gasteiger charge is 2.16. The molecule has 1 aliphatic rings. The zero-order valence-corrected chi connectivity index (χ0v) is 13.0. The Labute approximate surface area is 134 Å². The SMILES string of the molecule is O=C(Nc1ccn(Cc2ccccc2F)n1)NC1CCCCC1. The van der Waals surface area contributed by atoms with Gasteiger partial charge >= 0.3 is 6.03 Å². The van der Waals surface area contributed by atoms with Crippen LogP contribution in [0.2, 0.25) is 0 Å². The molecule has 0 aliphatic heterocycles. The predicted octanol–water partition coefficient (Wildman–Crippen LogP) is 3.52. The van der Waals surface area contributed by atoms with Gasteiger partial charge in [-0.1, -0.05) is 37.5 Å². The molecule has 3 rings (SSSR count). The molecule has 0 bridgehead atoms. The Morgan fingerprint density at radius 1 is 1.22 bits per heavy atom. The maximum absolute atomic E-state index is 13.6. The summed E-state index contributed by atoms with van der Waals surface area (Å²) in [6.45, 7) is 0.332. The first kappa shape index (κ1) is 15.5. The topological polar surface area (TPSA) is 59.0 Å². The highest BCUT2D eigenvalue weighted by molar-refractivity contribution is 5.88. The summed E-state index contributed by atoms with van der Waals surface area (Å²) in [7, 11) is 0. The van der Waals surface area contributed by atoms with E-state index in [-0.39, 0.29) is 17.9 Å². The van der Waals surface area contributed by atoms with Crippen LogP contribution in [0.4, 0.5) is 15.0 Å². The molecule has 1 aromatic heterocycles. The second kappa shape index (κ2) is 7.26. The number of halogens is 1. The van der Waals surface area contributed by atoms with Crippen LogP contribution in [-0.2, 0) is 6.54 Å². The Bertz CT molecular complexity index is 664. The van der Waals surface area contributed by atoms with Gasteiger partial charge in [-0.3, -0.25) is 10.00 Å². The van der Waals surface area contributed by atoms with Crippen LogP contribution < -0.4 is 10.6 Å². The summed E-state index contributed by atoms with van der Waals surface area (Å²) in [5.41, 5.74) is 0.564. The lowest BCUT2D eigenvalue weighted by Crippen LogP contribution is -2.39.